The van der Waals surface area contributed by atoms with Crippen LogP contribution in [0.15, 0.2) is 72.8 Å². The SMILES string of the molecule is O=P(O)(O)C(c1ccc(F)cc1)(c1ccc(F)cc1)c1ccc(F)cc1. The number of hydrogen-bond acceptors (Lipinski definition) is 1. The summed E-state index contributed by atoms with van der Waals surface area (Å²) in [6.45, 7) is 0. The minimum atomic E-state index is -4.99. The summed E-state index contributed by atoms with van der Waals surface area (Å²) in [5.74, 6) is -1.73. The van der Waals surface area contributed by atoms with Crippen molar-refractivity contribution in [3.63, 3.8) is 0 Å². The van der Waals surface area contributed by atoms with Crippen molar-refractivity contribution >= 4 is 7.60 Å². The van der Waals surface area contributed by atoms with Crippen LogP contribution in [0.3, 0.4) is 0 Å². The molecule has 0 fully saturated rings. The molecule has 0 aliphatic carbocycles. The molecule has 26 heavy (non-hydrogen) atoms. The van der Waals surface area contributed by atoms with Gasteiger partial charge >= 0.3 is 7.60 Å². The molecule has 3 aromatic carbocycles. The molecule has 0 aliphatic rings. The lowest BCUT2D eigenvalue weighted by Gasteiger charge is -2.36. The van der Waals surface area contributed by atoms with Gasteiger partial charge < -0.3 is 9.79 Å². The fraction of sp³-hybridized carbons (Fsp3) is 0.0526. The zero-order valence-corrected chi connectivity index (χ0v) is 14.2. The lowest BCUT2D eigenvalue weighted by atomic mass is 9.84. The van der Waals surface area contributed by atoms with E-state index in [9.17, 15) is 27.5 Å². The molecule has 0 aliphatic heterocycles. The summed E-state index contributed by atoms with van der Waals surface area (Å²) in [5, 5.41) is -2.04. The van der Waals surface area contributed by atoms with Crippen LogP contribution in [0.2, 0.25) is 0 Å². The molecule has 7 heteroatoms. The van der Waals surface area contributed by atoms with Crippen molar-refractivity contribution in [3.8, 4) is 0 Å². The lowest BCUT2D eigenvalue weighted by molar-refractivity contribution is 0.349. The summed E-state index contributed by atoms with van der Waals surface area (Å²) < 4.78 is 52.9. The van der Waals surface area contributed by atoms with Crippen LogP contribution in [0.25, 0.3) is 0 Å². The Labute approximate surface area is 147 Å². The molecular formula is C19H14F3O3P. The van der Waals surface area contributed by atoms with Crippen LogP contribution in [0.1, 0.15) is 16.7 Å². The zero-order valence-electron chi connectivity index (χ0n) is 13.3. The van der Waals surface area contributed by atoms with Gasteiger partial charge in [0, 0.05) is 0 Å². The number of rotatable bonds is 4. The Balaban J connectivity index is 2.42. The Morgan fingerprint density at radius 1 is 0.577 bits per heavy atom. The first kappa shape index (κ1) is 18.4. The summed E-state index contributed by atoms with van der Waals surface area (Å²) in [4.78, 5) is 20.7. The van der Waals surface area contributed by atoms with Crippen molar-refractivity contribution in [1.82, 2.24) is 0 Å². The van der Waals surface area contributed by atoms with Crippen molar-refractivity contribution in [2.45, 2.75) is 5.16 Å². The highest BCUT2D eigenvalue weighted by Gasteiger charge is 2.51. The van der Waals surface area contributed by atoms with Gasteiger partial charge in [0.1, 0.15) is 22.6 Å². The average Bonchev–Trinajstić information content (AvgIpc) is 2.59. The molecule has 0 atom stereocenters. The second-order valence-corrected chi connectivity index (χ2v) is 7.53. The van der Waals surface area contributed by atoms with E-state index in [0.29, 0.717) is 0 Å². The minimum Gasteiger partial charge on any atom is -0.323 e. The number of hydrogen-bond donors (Lipinski definition) is 2. The van der Waals surface area contributed by atoms with E-state index in [1.807, 2.05) is 0 Å². The van der Waals surface area contributed by atoms with Crippen molar-refractivity contribution < 1.29 is 27.5 Å². The number of benzene rings is 3. The van der Waals surface area contributed by atoms with Crippen molar-refractivity contribution in [2.24, 2.45) is 0 Å². The normalized spacial score (nSPS) is 12.2. The molecule has 2 N–H and O–H groups in total. The van der Waals surface area contributed by atoms with Crippen LogP contribution in [0, 0.1) is 17.5 Å². The van der Waals surface area contributed by atoms with Crippen LogP contribution in [-0.2, 0) is 9.72 Å². The van der Waals surface area contributed by atoms with E-state index >= 15 is 0 Å². The third kappa shape index (κ3) is 3.07. The predicted molar refractivity (Wildman–Crippen MR) is 91.1 cm³/mol. The lowest BCUT2D eigenvalue weighted by Crippen LogP contribution is -2.29. The second-order valence-electron chi connectivity index (χ2n) is 5.78. The molecule has 0 radical (unpaired) electrons. The first-order valence-electron chi connectivity index (χ1n) is 7.59. The molecule has 0 saturated carbocycles. The molecule has 0 saturated heterocycles. The maximum Gasteiger partial charge on any atom is 0.344 e. The topological polar surface area (TPSA) is 57.5 Å². The van der Waals surface area contributed by atoms with Gasteiger partial charge in [0.05, 0.1) is 0 Å². The summed E-state index contributed by atoms with van der Waals surface area (Å²) in [7, 11) is -4.99. The fourth-order valence-corrected chi connectivity index (χ4v) is 4.53. The molecule has 0 spiro atoms. The summed E-state index contributed by atoms with van der Waals surface area (Å²) >= 11 is 0. The Hall–Kier alpha value is -2.40. The highest BCUT2D eigenvalue weighted by Crippen LogP contribution is 2.64. The summed E-state index contributed by atoms with van der Waals surface area (Å²) in [6.07, 6.45) is 0. The average molecular weight is 378 g/mol. The van der Waals surface area contributed by atoms with Gasteiger partial charge in [-0.1, -0.05) is 36.4 Å². The van der Waals surface area contributed by atoms with Gasteiger partial charge in [0.15, 0.2) is 0 Å². The van der Waals surface area contributed by atoms with Crippen LogP contribution in [0.4, 0.5) is 13.2 Å². The first-order valence-corrected chi connectivity index (χ1v) is 9.20. The zero-order chi connectivity index (χ0) is 18.9. The van der Waals surface area contributed by atoms with Gasteiger partial charge in [0.25, 0.3) is 0 Å². The van der Waals surface area contributed by atoms with Crippen LogP contribution in [0.5, 0.6) is 0 Å². The monoisotopic (exact) mass is 378 g/mol. The molecule has 0 amide bonds. The van der Waals surface area contributed by atoms with E-state index in [0.717, 1.165) is 36.4 Å². The molecule has 3 nitrogen and oxygen atoms in total. The van der Waals surface area contributed by atoms with Crippen molar-refractivity contribution in [3.05, 3.63) is 107 Å². The number of halogens is 3. The molecule has 0 unspecified atom stereocenters. The maximum absolute atomic E-state index is 13.4. The quantitative estimate of drug-likeness (QED) is 0.516. The predicted octanol–water partition coefficient (Wildman–Crippen LogP) is 4.57. The third-order valence-corrected chi connectivity index (χ3v) is 5.87. The standard InChI is InChI=1S/C19H14F3O3P/c20-16-7-1-13(2-8-16)19(26(23,24)25,14-3-9-17(21)10-4-14)15-5-11-18(22)12-6-15/h1-12H,(H2,23,24,25). The molecule has 3 aromatic rings. The third-order valence-electron chi connectivity index (χ3n) is 4.22. The molecule has 0 bridgehead atoms. The Bertz CT molecular complexity index is 838. The smallest absolute Gasteiger partial charge is 0.323 e. The van der Waals surface area contributed by atoms with E-state index in [4.69, 9.17) is 0 Å². The highest BCUT2D eigenvalue weighted by molar-refractivity contribution is 7.53. The van der Waals surface area contributed by atoms with Gasteiger partial charge in [-0.25, -0.2) is 13.2 Å². The van der Waals surface area contributed by atoms with Crippen LogP contribution >= 0.6 is 7.60 Å². The van der Waals surface area contributed by atoms with E-state index in [-0.39, 0.29) is 16.7 Å². The summed E-state index contributed by atoms with van der Waals surface area (Å²) in [5.41, 5.74) is 0.307. The Kier molecular flexibility index (Phi) is 4.76. The molecule has 3 rings (SSSR count). The van der Waals surface area contributed by atoms with Gasteiger partial charge in [-0.15, -0.1) is 0 Å². The fourth-order valence-electron chi connectivity index (χ4n) is 3.08. The van der Waals surface area contributed by atoms with Gasteiger partial charge in [-0.05, 0) is 53.1 Å². The summed E-state index contributed by atoms with van der Waals surface area (Å²) in [6, 6.07) is 14.0. The van der Waals surface area contributed by atoms with E-state index in [1.165, 1.54) is 36.4 Å². The van der Waals surface area contributed by atoms with E-state index in [2.05, 4.69) is 0 Å². The van der Waals surface area contributed by atoms with Crippen molar-refractivity contribution in [1.29, 1.82) is 0 Å². The largest absolute Gasteiger partial charge is 0.344 e. The molecular weight excluding hydrogens is 364 g/mol. The van der Waals surface area contributed by atoms with Crippen LogP contribution < -0.4 is 0 Å². The highest BCUT2D eigenvalue weighted by atomic mass is 31.2. The minimum absolute atomic E-state index is 0.102. The molecule has 0 aromatic heterocycles. The first-order chi connectivity index (χ1) is 12.2. The van der Waals surface area contributed by atoms with Crippen LogP contribution in [-0.4, -0.2) is 9.79 Å². The van der Waals surface area contributed by atoms with Crippen molar-refractivity contribution in [2.75, 3.05) is 0 Å². The molecule has 134 valence electrons. The molecule has 0 heterocycles. The van der Waals surface area contributed by atoms with E-state index < -0.39 is 30.2 Å². The Morgan fingerprint density at radius 2 is 0.808 bits per heavy atom. The van der Waals surface area contributed by atoms with Gasteiger partial charge in [-0.2, -0.15) is 0 Å². The van der Waals surface area contributed by atoms with Gasteiger partial charge in [-0.3, -0.25) is 4.57 Å². The van der Waals surface area contributed by atoms with E-state index in [1.54, 1.807) is 0 Å². The second kappa shape index (κ2) is 6.72. The Morgan fingerprint density at radius 3 is 1.00 bits per heavy atom. The van der Waals surface area contributed by atoms with Gasteiger partial charge in [0.2, 0.25) is 0 Å². The maximum atomic E-state index is 13.4.